The Balaban J connectivity index is 1.62. The van der Waals surface area contributed by atoms with E-state index >= 15 is 0 Å². The van der Waals surface area contributed by atoms with Gasteiger partial charge in [-0.1, -0.05) is 30.3 Å². The molecule has 0 aliphatic heterocycles. The van der Waals surface area contributed by atoms with Crippen LogP contribution in [0.5, 0.6) is 17.4 Å². The Labute approximate surface area is 223 Å². The molecule has 0 aliphatic rings. The van der Waals surface area contributed by atoms with Gasteiger partial charge in [0.2, 0.25) is 11.8 Å². The molecule has 0 unspecified atom stereocenters. The number of amides is 2. The van der Waals surface area contributed by atoms with Gasteiger partial charge in [0.05, 0.1) is 18.5 Å². The number of carbonyl (C=O) groups excluding carboxylic acids is 1. The van der Waals surface area contributed by atoms with E-state index in [1.807, 2.05) is 0 Å². The van der Waals surface area contributed by atoms with E-state index in [1.165, 1.54) is 6.07 Å². The van der Waals surface area contributed by atoms with Crippen molar-refractivity contribution < 1.29 is 40.6 Å². The molecule has 4 rings (SSSR count). The molecule has 3 aromatic carbocycles. The first-order valence-corrected chi connectivity index (χ1v) is 11.5. The van der Waals surface area contributed by atoms with Crippen LogP contribution in [0.3, 0.4) is 0 Å². The number of benzene rings is 3. The molecular formula is C26H21F6N5O3. The van der Waals surface area contributed by atoms with Crippen LogP contribution in [0.4, 0.5) is 48.5 Å². The third-order valence-electron chi connectivity index (χ3n) is 5.65. The number of hydrogen-bond acceptors (Lipinski definition) is 6. The van der Waals surface area contributed by atoms with Crippen molar-refractivity contribution in [2.75, 3.05) is 23.5 Å². The van der Waals surface area contributed by atoms with Crippen LogP contribution >= 0.6 is 0 Å². The minimum atomic E-state index is -5.61. The number of rotatable bonds is 6. The van der Waals surface area contributed by atoms with Crippen molar-refractivity contribution in [1.82, 2.24) is 9.97 Å². The molecule has 8 nitrogen and oxygen atoms in total. The summed E-state index contributed by atoms with van der Waals surface area (Å²) < 4.78 is 90.4. The number of halogens is 6. The normalized spacial score (nSPS) is 11.9. The topological polar surface area (TPSA) is 111 Å². The number of aryl methyl sites for hydroxylation is 1. The van der Waals surface area contributed by atoms with Crippen molar-refractivity contribution in [3.05, 3.63) is 71.9 Å². The predicted molar refractivity (Wildman–Crippen MR) is 136 cm³/mol. The summed E-state index contributed by atoms with van der Waals surface area (Å²) in [5.74, 6) is -3.31. The van der Waals surface area contributed by atoms with Gasteiger partial charge in [0.1, 0.15) is 11.5 Å². The average Bonchev–Trinajstić information content (AvgIpc) is 2.83. The summed E-state index contributed by atoms with van der Waals surface area (Å²) in [6.45, 7) is 1.71. The van der Waals surface area contributed by atoms with Crippen molar-refractivity contribution in [2.45, 2.75) is 25.2 Å². The number of carbonyl (C=O) groups is 1. The quantitative estimate of drug-likeness (QED) is 0.214. The summed E-state index contributed by atoms with van der Waals surface area (Å²) in [6, 6.07) is 12.6. The van der Waals surface area contributed by atoms with Gasteiger partial charge in [0.15, 0.2) is 5.92 Å². The lowest BCUT2D eigenvalue weighted by Crippen LogP contribution is -2.34. The van der Waals surface area contributed by atoms with Gasteiger partial charge >= 0.3 is 18.4 Å². The van der Waals surface area contributed by atoms with Gasteiger partial charge in [-0.15, -0.1) is 0 Å². The molecule has 40 heavy (non-hydrogen) atoms. The molecule has 210 valence electrons. The molecule has 0 fully saturated rings. The average molecular weight is 565 g/mol. The fourth-order valence-corrected chi connectivity index (χ4v) is 4.04. The Hall–Kier alpha value is -4.75. The molecule has 0 saturated heterocycles. The Morgan fingerprint density at radius 3 is 2.10 bits per heavy atom. The number of methoxy groups -OCH3 is 1. The molecule has 1 heterocycles. The second-order valence-electron chi connectivity index (χ2n) is 8.52. The number of nitrogens with zero attached hydrogens (tertiary/aromatic N) is 2. The summed E-state index contributed by atoms with van der Waals surface area (Å²) in [4.78, 5) is 20.8. The van der Waals surface area contributed by atoms with E-state index in [0.717, 1.165) is 13.2 Å². The van der Waals surface area contributed by atoms with Crippen molar-refractivity contribution in [3.8, 4) is 17.4 Å². The minimum Gasteiger partial charge on any atom is -0.495 e. The van der Waals surface area contributed by atoms with E-state index in [9.17, 15) is 31.1 Å². The minimum absolute atomic E-state index is 0.0190. The summed E-state index contributed by atoms with van der Waals surface area (Å²) in [7, 11) is 1.15. The summed E-state index contributed by atoms with van der Waals surface area (Å²) in [6.07, 6.45) is -11.2. The van der Waals surface area contributed by atoms with Crippen LogP contribution in [-0.2, 0) is 0 Å². The Kier molecular flexibility index (Phi) is 7.62. The van der Waals surface area contributed by atoms with Gasteiger partial charge in [-0.05, 0) is 36.8 Å². The zero-order valence-electron chi connectivity index (χ0n) is 20.8. The van der Waals surface area contributed by atoms with Gasteiger partial charge in [-0.2, -0.15) is 31.3 Å². The van der Waals surface area contributed by atoms with Gasteiger partial charge in [0.25, 0.3) is 0 Å². The molecule has 0 saturated carbocycles. The molecule has 14 heteroatoms. The molecule has 0 aliphatic carbocycles. The van der Waals surface area contributed by atoms with Crippen LogP contribution in [0.2, 0.25) is 0 Å². The van der Waals surface area contributed by atoms with Crippen molar-refractivity contribution in [3.63, 3.8) is 0 Å². The molecule has 0 spiro atoms. The largest absolute Gasteiger partial charge is 0.495 e. The molecule has 1 aromatic heterocycles. The van der Waals surface area contributed by atoms with Crippen molar-refractivity contribution in [1.29, 1.82) is 0 Å². The van der Waals surface area contributed by atoms with Gasteiger partial charge < -0.3 is 25.8 Å². The van der Waals surface area contributed by atoms with Gasteiger partial charge in [-0.25, -0.2) is 9.78 Å². The van der Waals surface area contributed by atoms with Crippen LogP contribution in [0.1, 0.15) is 17.2 Å². The number of aromatic nitrogens is 2. The van der Waals surface area contributed by atoms with E-state index in [-0.39, 0.29) is 23.3 Å². The fraction of sp³-hybridized carbons (Fsp3) is 0.192. The first kappa shape index (κ1) is 28.3. The standard InChI is InChI=1S/C26H21F6N5O3/c1-13-11-21(37-23(33)34-13)40-19-10-8-17(15-5-3-4-6-16(15)19)35-24(38)36-18-12-14(7-9-20(18)39-2)22(25(27,28)29)26(30,31)32/h3-12,22H,1-2H3,(H2,33,34,37)(H2,35,36,38). The van der Waals surface area contributed by atoms with E-state index in [0.29, 0.717) is 34.3 Å². The van der Waals surface area contributed by atoms with Crippen LogP contribution in [0.15, 0.2) is 60.7 Å². The van der Waals surface area contributed by atoms with E-state index < -0.39 is 35.6 Å². The molecule has 2 amide bonds. The third kappa shape index (κ3) is 6.27. The molecule has 0 radical (unpaired) electrons. The molecule has 0 bridgehead atoms. The molecule has 0 atom stereocenters. The summed E-state index contributed by atoms with van der Waals surface area (Å²) in [5, 5.41) is 5.90. The lowest BCUT2D eigenvalue weighted by molar-refractivity contribution is -0.253. The molecular weight excluding hydrogens is 544 g/mol. The second-order valence-corrected chi connectivity index (χ2v) is 8.52. The van der Waals surface area contributed by atoms with Crippen molar-refractivity contribution in [2.24, 2.45) is 0 Å². The van der Waals surface area contributed by atoms with Gasteiger partial charge in [-0.3, -0.25) is 0 Å². The van der Waals surface area contributed by atoms with Gasteiger partial charge in [0, 0.05) is 22.5 Å². The highest BCUT2D eigenvalue weighted by atomic mass is 19.4. The Morgan fingerprint density at radius 1 is 0.850 bits per heavy atom. The Bertz CT molecular complexity index is 1520. The number of anilines is 3. The number of fused-ring (bicyclic) bond motifs is 1. The summed E-state index contributed by atoms with van der Waals surface area (Å²) in [5.41, 5.74) is 5.04. The van der Waals surface area contributed by atoms with E-state index in [2.05, 4.69) is 20.6 Å². The maximum absolute atomic E-state index is 13.2. The fourth-order valence-electron chi connectivity index (χ4n) is 4.04. The Morgan fingerprint density at radius 2 is 1.48 bits per heavy atom. The zero-order valence-corrected chi connectivity index (χ0v) is 20.8. The van der Waals surface area contributed by atoms with Crippen LogP contribution < -0.4 is 25.8 Å². The predicted octanol–water partition coefficient (Wildman–Crippen LogP) is 7.17. The maximum atomic E-state index is 13.2. The highest BCUT2D eigenvalue weighted by Gasteiger charge is 2.57. The van der Waals surface area contributed by atoms with Crippen LogP contribution in [0, 0.1) is 6.92 Å². The summed E-state index contributed by atoms with van der Waals surface area (Å²) >= 11 is 0. The number of nitrogens with one attached hydrogen (secondary N) is 2. The number of urea groups is 1. The van der Waals surface area contributed by atoms with Crippen molar-refractivity contribution >= 4 is 34.1 Å². The first-order chi connectivity index (χ1) is 18.8. The smallest absolute Gasteiger partial charge is 0.404 e. The van der Waals surface area contributed by atoms with Crippen LogP contribution in [-0.4, -0.2) is 35.5 Å². The first-order valence-electron chi connectivity index (χ1n) is 11.5. The van der Waals surface area contributed by atoms with E-state index in [1.54, 1.807) is 43.3 Å². The second kappa shape index (κ2) is 10.8. The highest BCUT2D eigenvalue weighted by Crippen LogP contribution is 2.47. The SMILES string of the molecule is COc1ccc(C(C(F)(F)F)C(F)(F)F)cc1NC(=O)Nc1ccc(Oc2cc(C)nc(N)n2)c2ccccc12. The number of hydrogen-bond donors (Lipinski definition) is 3. The lowest BCUT2D eigenvalue weighted by Gasteiger charge is -2.24. The maximum Gasteiger partial charge on any atom is 0.404 e. The highest BCUT2D eigenvalue weighted by molar-refractivity contribution is 6.08. The zero-order chi connectivity index (χ0) is 29.2. The van der Waals surface area contributed by atoms with Crippen LogP contribution in [0.25, 0.3) is 10.8 Å². The molecule has 4 N–H and O–H groups in total. The molecule has 4 aromatic rings. The number of ether oxygens (including phenoxy) is 2. The number of nitrogen functional groups attached to an aromatic ring is 1. The van der Waals surface area contributed by atoms with E-state index in [4.69, 9.17) is 15.2 Å². The number of nitrogens with two attached hydrogens (primary N) is 1. The number of alkyl halides is 6. The third-order valence-corrected chi connectivity index (χ3v) is 5.65. The lowest BCUT2D eigenvalue weighted by atomic mass is 9.97. The monoisotopic (exact) mass is 565 g/mol.